The molecule has 9 rings (SSSR count). The molecule has 0 spiro atoms. The molecular weight excluding hydrogens is 884 g/mol. The van der Waals surface area contributed by atoms with E-state index in [1.54, 1.807) is 24.4 Å². The molecule has 4 aliphatic rings. The fraction of sp³-hybridized carbons (Fsp3) is 0.417. The summed E-state index contributed by atoms with van der Waals surface area (Å²) in [5, 5.41) is 17.1. The van der Waals surface area contributed by atoms with Crippen molar-refractivity contribution in [3.05, 3.63) is 111 Å². The second-order valence-electron chi connectivity index (χ2n) is 18.5. The summed E-state index contributed by atoms with van der Waals surface area (Å²) in [7, 11) is -4.66. The number of amides is 1. The lowest BCUT2D eigenvalue weighted by Crippen LogP contribution is -2.47. The third-order valence-electron chi connectivity index (χ3n) is 13.0. The summed E-state index contributed by atoms with van der Waals surface area (Å²) in [5.41, 5.74) is 5.33. The van der Waals surface area contributed by atoms with E-state index in [1.807, 2.05) is 25.1 Å². The molecule has 16 nitrogen and oxygen atoms in total. The van der Waals surface area contributed by atoms with Gasteiger partial charge in [-0.25, -0.2) is 18.1 Å². The Bertz CT molecular complexity index is 2770. The maximum atomic E-state index is 14.1. The van der Waals surface area contributed by atoms with E-state index in [1.165, 1.54) is 35.0 Å². The van der Waals surface area contributed by atoms with Crippen molar-refractivity contribution in [1.82, 2.24) is 24.5 Å². The smallest absolute Gasteiger partial charge is 0.297 e. The Hall–Kier alpha value is -5.72. The van der Waals surface area contributed by atoms with E-state index in [0.717, 1.165) is 80.7 Å². The lowest BCUT2D eigenvalue weighted by Gasteiger charge is -2.39. The maximum Gasteiger partial charge on any atom is 0.297 e. The molecule has 0 radical (unpaired) electrons. The monoisotopic (exact) mass is 938 g/mol. The Labute approximate surface area is 389 Å². The number of hydrogen-bond acceptors (Lipinski definition) is 13. The maximum absolute atomic E-state index is 14.1. The molecule has 3 aromatic carbocycles. The van der Waals surface area contributed by atoms with Crippen molar-refractivity contribution in [3.8, 4) is 17.2 Å². The predicted molar refractivity (Wildman–Crippen MR) is 254 cm³/mol. The van der Waals surface area contributed by atoms with Crippen molar-refractivity contribution in [3.63, 3.8) is 0 Å². The number of aromatic amines is 1. The lowest BCUT2D eigenvalue weighted by atomic mass is 9.72. The van der Waals surface area contributed by atoms with Crippen LogP contribution in [0.25, 0.3) is 16.6 Å². The topological polar surface area (TPSA) is 184 Å². The van der Waals surface area contributed by atoms with E-state index < -0.39 is 31.4 Å². The Kier molecular flexibility index (Phi) is 13.0. The third kappa shape index (κ3) is 10.3. The van der Waals surface area contributed by atoms with Gasteiger partial charge in [0.2, 0.25) is 0 Å². The van der Waals surface area contributed by atoms with Crippen LogP contribution in [-0.2, 0) is 14.8 Å². The van der Waals surface area contributed by atoms with Crippen molar-refractivity contribution < 1.29 is 32.3 Å². The average Bonchev–Trinajstić information content (AvgIpc) is 3.77. The van der Waals surface area contributed by atoms with Gasteiger partial charge in [-0.1, -0.05) is 43.2 Å². The number of carbonyl (C=O) groups excluding carboxylic acids is 1. The highest BCUT2D eigenvalue weighted by molar-refractivity contribution is 7.90. The van der Waals surface area contributed by atoms with Crippen LogP contribution in [0, 0.1) is 15.5 Å². The molecule has 3 N–H and O–H groups in total. The minimum absolute atomic E-state index is 0.0100. The Balaban J connectivity index is 0.924. The molecular formula is C48H55ClN8O8S. The minimum Gasteiger partial charge on any atom is -0.489 e. The number of ether oxygens (including phenoxy) is 3. The largest absolute Gasteiger partial charge is 0.489 e. The molecule has 2 atom stereocenters. The molecule has 1 aliphatic carbocycles. The molecule has 2 saturated heterocycles. The molecule has 0 unspecified atom stereocenters. The number of piperazine rings is 1. The van der Waals surface area contributed by atoms with E-state index in [-0.39, 0.29) is 46.9 Å². The number of allylic oxidation sites excluding steroid dienone is 1. The van der Waals surface area contributed by atoms with Crippen LogP contribution in [0.2, 0.25) is 5.02 Å². The number of carbonyl (C=O) groups is 1. The molecule has 0 saturated carbocycles. The Morgan fingerprint density at radius 3 is 2.62 bits per heavy atom. The van der Waals surface area contributed by atoms with Gasteiger partial charge in [-0.3, -0.25) is 24.7 Å². The number of fused-ring (bicyclic) bond motifs is 2. The first kappa shape index (κ1) is 45.4. The molecule has 18 heteroatoms. The van der Waals surface area contributed by atoms with E-state index in [2.05, 4.69) is 60.7 Å². The molecule has 2 fully saturated rings. The predicted octanol–water partition coefficient (Wildman–Crippen LogP) is 8.11. The number of aromatic nitrogens is 2. The first-order chi connectivity index (χ1) is 31.7. The van der Waals surface area contributed by atoms with E-state index in [4.69, 9.17) is 25.8 Å². The zero-order valence-electron chi connectivity index (χ0n) is 37.3. The first-order valence-electron chi connectivity index (χ1n) is 22.5. The van der Waals surface area contributed by atoms with Gasteiger partial charge in [0.1, 0.15) is 23.8 Å². The molecule has 66 heavy (non-hydrogen) atoms. The van der Waals surface area contributed by atoms with Crippen molar-refractivity contribution in [2.24, 2.45) is 5.41 Å². The van der Waals surface area contributed by atoms with Crippen LogP contribution < -0.4 is 24.4 Å². The van der Waals surface area contributed by atoms with Gasteiger partial charge >= 0.3 is 0 Å². The van der Waals surface area contributed by atoms with Crippen LogP contribution in [0.15, 0.2) is 89.6 Å². The molecule has 5 aromatic rings. The van der Waals surface area contributed by atoms with E-state index in [9.17, 15) is 23.3 Å². The summed E-state index contributed by atoms with van der Waals surface area (Å²) in [6.07, 6.45) is 7.24. The molecule has 1 amide bonds. The Morgan fingerprint density at radius 1 is 1.05 bits per heavy atom. The number of nitrogens with zero attached hydrogens (tertiary/aromatic N) is 5. The highest BCUT2D eigenvalue weighted by Crippen LogP contribution is 2.44. The number of pyridine rings is 1. The third-order valence-corrected chi connectivity index (χ3v) is 14.6. The second-order valence-corrected chi connectivity index (χ2v) is 20.6. The van der Waals surface area contributed by atoms with Crippen molar-refractivity contribution in [2.45, 2.75) is 63.5 Å². The number of morpholine rings is 1. The number of halogens is 1. The van der Waals surface area contributed by atoms with Gasteiger partial charge in [0.05, 0.1) is 40.3 Å². The van der Waals surface area contributed by atoms with Crippen molar-refractivity contribution >= 4 is 61.2 Å². The van der Waals surface area contributed by atoms with Crippen molar-refractivity contribution in [1.29, 1.82) is 0 Å². The lowest BCUT2D eigenvalue weighted by molar-refractivity contribution is -0.384. The normalized spacial score (nSPS) is 20.3. The fourth-order valence-corrected chi connectivity index (χ4v) is 10.5. The molecule has 5 heterocycles. The number of nitro groups is 1. The SMILES string of the molecule is C[C@H]1CN(CC[C@H]2COc3cc(S(=O)(=O)NC(=O)c4ccc(N5CCN(CC6=C(c7ccc(Cl)cc7)CC(C)(C)CC6)CC5)cc4Oc4cnc5[nH]ccc5c4)cc([N+](=O)[O-])c3N2)CCO1. The number of hydrogen-bond donors (Lipinski definition) is 3. The molecule has 3 aliphatic heterocycles. The Morgan fingerprint density at radius 2 is 1.85 bits per heavy atom. The average molecular weight is 940 g/mol. The van der Waals surface area contributed by atoms with Gasteiger partial charge in [0.15, 0.2) is 11.4 Å². The van der Waals surface area contributed by atoms with Gasteiger partial charge in [-0.2, -0.15) is 0 Å². The van der Waals surface area contributed by atoms with Crippen LogP contribution in [0.3, 0.4) is 0 Å². The van der Waals surface area contributed by atoms with Gasteiger partial charge in [0.25, 0.3) is 21.6 Å². The molecule has 2 aromatic heterocycles. The zero-order valence-corrected chi connectivity index (χ0v) is 38.9. The van der Waals surface area contributed by atoms with E-state index >= 15 is 0 Å². The highest BCUT2D eigenvalue weighted by atomic mass is 35.5. The number of nitrogens with one attached hydrogen (secondary N) is 3. The summed E-state index contributed by atoms with van der Waals surface area (Å²) in [6, 6.07) is 18.7. The van der Waals surface area contributed by atoms with Crippen LogP contribution in [0.4, 0.5) is 17.1 Å². The quantitative estimate of drug-likeness (QED) is 0.0761. The highest BCUT2D eigenvalue weighted by Gasteiger charge is 2.34. The van der Waals surface area contributed by atoms with Crippen LogP contribution in [0.5, 0.6) is 17.2 Å². The first-order valence-corrected chi connectivity index (χ1v) is 24.3. The summed E-state index contributed by atoms with van der Waals surface area (Å²) >= 11 is 6.25. The summed E-state index contributed by atoms with van der Waals surface area (Å²) in [4.78, 5) is 39.8. The molecule has 0 bridgehead atoms. The number of sulfonamides is 1. The van der Waals surface area contributed by atoms with E-state index in [0.29, 0.717) is 37.5 Å². The number of rotatable bonds is 13. The number of anilines is 2. The van der Waals surface area contributed by atoms with Gasteiger partial charge in [-0.15, -0.1) is 0 Å². The van der Waals surface area contributed by atoms with Crippen molar-refractivity contribution in [2.75, 3.05) is 75.8 Å². The fourth-order valence-electron chi connectivity index (χ4n) is 9.37. The molecule has 348 valence electrons. The minimum atomic E-state index is -4.66. The summed E-state index contributed by atoms with van der Waals surface area (Å²) in [5.74, 6) is -0.511. The van der Waals surface area contributed by atoms with Crippen LogP contribution in [0.1, 0.15) is 62.4 Å². The summed E-state index contributed by atoms with van der Waals surface area (Å²) < 4.78 is 47.9. The number of H-pyrrole nitrogens is 1. The summed E-state index contributed by atoms with van der Waals surface area (Å²) in [6.45, 7) is 13.8. The van der Waals surface area contributed by atoms with Crippen LogP contribution in [-0.4, -0.2) is 117 Å². The second kappa shape index (κ2) is 18.9. The number of nitro benzene ring substituents is 1. The van der Waals surface area contributed by atoms with Gasteiger partial charge in [0, 0.05) is 92.9 Å². The van der Waals surface area contributed by atoms with Crippen LogP contribution >= 0.6 is 11.6 Å². The zero-order chi connectivity index (χ0) is 46.2. The number of benzene rings is 3. The standard InChI is InChI=1S/C48H55ClN8O8S/c1-31-28-54(20-21-63-31)15-12-36-30-64-44-25-39(24-42(57(59)60)45(44)52-36)66(61,62)53-47(58)40-9-8-37(23-43(40)65-38-22-33-11-14-50-46(33)51-27-38)56-18-16-55(17-19-56)29-34-10-13-48(2,3)26-41(34)32-4-6-35(49)7-5-32/h4-9,11,14,22-25,27,31,36,52H,10,12-13,15-21,26,28-30H2,1-3H3,(H,50,51)(H,53,58)/t31-,36-/m0/s1. The van der Waals surface area contributed by atoms with Gasteiger partial charge in [-0.05, 0) is 85.6 Å². The van der Waals surface area contributed by atoms with Gasteiger partial charge < -0.3 is 29.4 Å².